The van der Waals surface area contributed by atoms with Crippen molar-refractivity contribution in [1.82, 2.24) is 14.5 Å². The molecule has 2 atom stereocenters. The average Bonchev–Trinajstić information content (AvgIpc) is 2.49. The SMILES string of the molecule is C[C@H](N[S@+]([O-])C(C)(C)C)c1ccc(CN2CCN(C)CC2)cc1. The number of hydrogen-bond donors (Lipinski definition) is 1. The average molecular weight is 338 g/mol. The topological polar surface area (TPSA) is 41.6 Å². The second-order valence-corrected chi connectivity index (χ2v) is 9.54. The van der Waals surface area contributed by atoms with Gasteiger partial charge in [0, 0.05) is 44.1 Å². The predicted molar refractivity (Wildman–Crippen MR) is 98.7 cm³/mol. The number of benzene rings is 1. The first-order chi connectivity index (χ1) is 10.8. The van der Waals surface area contributed by atoms with Gasteiger partial charge in [-0.25, -0.2) is 0 Å². The second-order valence-electron chi connectivity index (χ2n) is 7.54. The van der Waals surface area contributed by atoms with Gasteiger partial charge in [-0.1, -0.05) is 24.3 Å². The fourth-order valence-corrected chi connectivity index (χ4v) is 3.39. The minimum Gasteiger partial charge on any atom is -0.598 e. The van der Waals surface area contributed by atoms with Gasteiger partial charge in [0.15, 0.2) is 0 Å². The van der Waals surface area contributed by atoms with Crippen molar-refractivity contribution in [2.45, 2.75) is 45.0 Å². The van der Waals surface area contributed by atoms with Crippen molar-refractivity contribution in [3.63, 3.8) is 0 Å². The van der Waals surface area contributed by atoms with Crippen molar-refractivity contribution in [3.05, 3.63) is 35.4 Å². The summed E-state index contributed by atoms with van der Waals surface area (Å²) in [5.41, 5.74) is 2.53. The maximum absolute atomic E-state index is 12.2. The van der Waals surface area contributed by atoms with Crippen LogP contribution in [-0.2, 0) is 17.9 Å². The molecule has 130 valence electrons. The summed E-state index contributed by atoms with van der Waals surface area (Å²) in [4.78, 5) is 4.88. The first-order valence-corrected chi connectivity index (χ1v) is 9.58. The largest absolute Gasteiger partial charge is 0.598 e. The molecule has 0 amide bonds. The highest BCUT2D eigenvalue weighted by Crippen LogP contribution is 2.20. The van der Waals surface area contributed by atoms with Crippen molar-refractivity contribution < 1.29 is 4.55 Å². The molecule has 0 radical (unpaired) electrons. The molecule has 5 heteroatoms. The molecule has 1 saturated heterocycles. The smallest absolute Gasteiger partial charge is 0.136 e. The van der Waals surface area contributed by atoms with Crippen LogP contribution in [0.4, 0.5) is 0 Å². The predicted octanol–water partition coefficient (Wildman–Crippen LogP) is 2.55. The highest BCUT2D eigenvalue weighted by molar-refractivity contribution is 7.90. The van der Waals surface area contributed by atoms with Crippen LogP contribution in [0.1, 0.15) is 44.9 Å². The molecule has 0 saturated carbocycles. The number of nitrogens with zero attached hydrogens (tertiary/aromatic N) is 2. The Hall–Kier alpha value is -0.590. The third-order valence-corrected chi connectivity index (χ3v) is 6.00. The molecule has 0 aliphatic carbocycles. The van der Waals surface area contributed by atoms with E-state index in [0.717, 1.165) is 32.7 Å². The van der Waals surface area contributed by atoms with E-state index in [1.165, 1.54) is 11.1 Å². The van der Waals surface area contributed by atoms with Crippen LogP contribution >= 0.6 is 0 Å². The van der Waals surface area contributed by atoms with Crippen LogP contribution in [0.5, 0.6) is 0 Å². The minimum absolute atomic E-state index is 0.0905. The Balaban J connectivity index is 1.88. The molecule has 1 aromatic rings. The Bertz CT molecular complexity index is 478. The summed E-state index contributed by atoms with van der Waals surface area (Å²) in [6, 6.07) is 8.80. The third kappa shape index (κ3) is 5.76. The van der Waals surface area contributed by atoms with E-state index in [2.05, 4.69) is 52.8 Å². The van der Waals surface area contributed by atoms with Gasteiger partial charge in [-0.05, 0) is 45.9 Å². The third-order valence-electron chi connectivity index (χ3n) is 4.32. The molecule has 2 rings (SSSR count). The van der Waals surface area contributed by atoms with Crippen LogP contribution in [0.3, 0.4) is 0 Å². The zero-order valence-electron chi connectivity index (χ0n) is 15.1. The number of nitrogens with one attached hydrogen (secondary N) is 1. The number of rotatable bonds is 5. The lowest BCUT2D eigenvalue weighted by molar-refractivity contribution is 0.148. The van der Waals surface area contributed by atoms with Gasteiger partial charge in [-0.15, -0.1) is 4.72 Å². The molecule has 0 unspecified atom stereocenters. The van der Waals surface area contributed by atoms with E-state index in [1.54, 1.807) is 0 Å². The summed E-state index contributed by atoms with van der Waals surface area (Å²) in [6.07, 6.45) is 0. The summed E-state index contributed by atoms with van der Waals surface area (Å²) in [7, 11) is 2.18. The molecule has 0 spiro atoms. The first-order valence-electron chi connectivity index (χ1n) is 8.43. The van der Waals surface area contributed by atoms with E-state index in [1.807, 2.05) is 20.8 Å². The number of hydrogen-bond acceptors (Lipinski definition) is 4. The summed E-state index contributed by atoms with van der Waals surface area (Å²) < 4.78 is 15.2. The molecule has 1 heterocycles. The Morgan fingerprint density at radius 2 is 1.70 bits per heavy atom. The van der Waals surface area contributed by atoms with E-state index < -0.39 is 11.4 Å². The lowest BCUT2D eigenvalue weighted by Crippen LogP contribution is -2.43. The molecule has 1 N–H and O–H groups in total. The van der Waals surface area contributed by atoms with Gasteiger partial charge in [0.25, 0.3) is 0 Å². The van der Waals surface area contributed by atoms with Gasteiger partial charge in [0.2, 0.25) is 0 Å². The lowest BCUT2D eigenvalue weighted by Gasteiger charge is -2.32. The standard InChI is InChI=1S/C18H31N3OS/c1-15(19-23(22)18(2,3)4)17-8-6-16(7-9-17)14-21-12-10-20(5)11-13-21/h6-9,15,19H,10-14H2,1-5H3/t15-,23+/m0/s1. The molecule has 0 bridgehead atoms. The minimum atomic E-state index is -1.05. The molecule has 1 aliphatic rings. The first kappa shape index (κ1) is 18.7. The summed E-state index contributed by atoms with van der Waals surface area (Å²) in [5, 5.41) is 0. The van der Waals surface area contributed by atoms with Crippen molar-refractivity contribution in [3.8, 4) is 0 Å². The van der Waals surface area contributed by atoms with Crippen LogP contribution < -0.4 is 4.72 Å². The Kier molecular flexibility index (Phi) is 6.51. The van der Waals surface area contributed by atoms with Gasteiger partial charge in [-0.2, -0.15) is 0 Å². The molecule has 1 aliphatic heterocycles. The van der Waals surface area contributed by atoms with Crippen molar-refractivity contribution in [2.24, 2.45) is 0 Å². The summed E-state index contributed by atoms with van der Waals surface area (Å²) in [5.74, 6) is 0. The van der Waals surface area contributed by atoms with E-state index >= 15 is 0 Å². The van der Waals surface area contributed by atoms with Gasteiger partial charge in [-0.3, -0.25) is 4.90 Å². The monoisotopic (exact) mass is 337 g/mol. The molecule has 23 heavy (non-hydrogen) atoms. The van der Waals surface area contributed by atoms with Gasteiger partial charge in [0.1, 0.15) is 4.75 Å². The van der Waals surface area contributed by atoms with Crippen LogP contribution in [0.15, 0.2) is 24.3 Å². The molecular formula is C18H31N3OS. The maximum atomic E-state index is 12.2. The van der Waals surface area contributed by atoms with Crippen LogP contribution in [0.25, 0.3) is 0 Å². The lowest BCUT2D eigenvalue weighted by atomic mass is 10.1. The molecule has 1 aromatic carbocycles. The zero-order valence-corrected chi connectivity index (χ0v) is 15.9. The Morgan fingerprint density at radius 1 is 1.13 bits per heavy atom. The number of likely N-dealkylation sites (N-methyl/N-ethyl adjacent to an activating group) is 1. The normalized spacial score (nSPS) is 20.4. The molecular weight excluding hydrogens is 306 g/mol. The zero-order chi connectivity index (χ0) is 17.0. The van der Waals surface area contributed by atoms with E-state index in [0.29, 0.717) is 0 Å². The Labute approximate surface area is 144 Å². The van der Waals surface area contributed by atoms with Crippen molar-refractivity contribution >= 4 is 11.4 Å². The van der Waals surface area contributed by atoms with Crippen LogP contribution in [0, 0.1) is 0 Å². The number of piperazine rings is 1. The molecule has 1 fully saturated rings. The van der Waals surface area contributed by atoms with Gasteiger partial charge >= 0.3 is 0 Å². The van der Waals surface area contributed by atoms with E-state index in [4.69, 9.17) is 0 Å². The summed E-state index contributed by atoms with van der Waals surface area (Å²) in [6.45, 7) is 13.6. The molecule has 4 nitrogen and oxygen atoms in total. The fraction of sp³-hybridized carbons (Fsp3) is 0.667. The second kappa shape index (κ2) is 7.99. The molecule has 0 aromatic heterocycles. The van der Waals surface area contributed by atoms with E-state index in [9.17, 15) is 4.55 Å². The van der Waals surface area contributed by atoms with Gasteiger partial charge in [0.05, 0.1) is 6.04 Å². The maximum Gasteiger partial charge on any atom is 0.136 e. The van der Waals surface area contributed by atoms with E-state index in [-0.39, 0.29) is 10.8 Å². The van der Waals surface area contributed by atoms with Crippen molar-refractivity contribution in [1.29, 1.82) is 0 Å². The fourth-order valence-electron chi connectivity index (χ4n) is 2.58. The summed E-state index contributed by atoms with van der Waals surface area (Å²) >= 11 is -1.05. The highest BCUT2D eigenvalue weighted by atomic mass is 32.2. The quantitative estimate of drug-likeness (QED) is 0.839. The van der Waals surface area contributed by atoms with Crippen LogP contribution in [0.2, 0.25) is 0 Å². The van der Waals surface area contributed by atoms with Crippen LogP contribution in [-0.4, -0.2) is 52.3 Å². The Morgan fingerprint density at radius 3 is 2.22 bits per heavy atom. The van der Waals surface area contributed by atoms with Gasteiger partial charge < -0.3 is 9.45 Å². The van der Waals surface area contributed by atoms with Crippen molar-refractivity contribution in [2.75, 3.05) is 33.2 Å². The highest BCUT2D eigenvalue weighted by Gasteiger charge is 2.28.